The molecule has 12 heavy (non-hydrogen) atoms. The van der Waals surface area contributed by atoms with Crippen LogP contribution in [0.2, 0.25) is 0 Å². The first-order valence-electron chi connectivity index (χ1n) is 3.17. The van der Waals surface area contributed by atoms with Crippen LogP contribution in [0.5, 0.6) is 0 Å². The molecule has 0 aromatic rings. The molecular weight excluding hydrogens is 173 g/mol. The van der Waals surface area contributed by atoms with Crippen LogP contribution >= 0.6 is 0 Å². The average molecular weight is 182 g/mol. The second-order valence-electron chi connectivity index (χ2n) is 2.31. The lowest BCUT2D eigenvalue weighted by atomic mass is 10.2. The molecule has 0 fully saturated rings. The van der Waals surface area contributed by atoms with Gasteiger partial charge in [0, 0.05) is 6.08 Å². The zero-order valence-electron chi connectivity index (χ0n) is 6.73. The van der Waals surface area contributed by atoms with Crippen LogP contribution in [0.4, 0.5) is 13.2 Å². The second-order valence-corrected chi connectivity index (χ2v) is 2.31. The normalized spacial score (nSPS) is 12.9. The lowest BCUT2D eigenvalue weighted by molar-refractivity contribution is -0.135. The molecule has 5 heteroatoms. The monoisotopic (exact) mass is 182 g/mol. The standard InChI is InChI=1S/C7H9F3O2/c1-5(3-6(11)12-2)4-7(8,9)10/h3H,4H2,1-2H3/b5-3+. The molecule has 0 amide bonds. The third kappa shape index (κ3) is 5.76. The van der Waals surface area contributed by atoms with Crippen LogP contribution in [0.1, 0.15) is 13.3 Å². The van der Waals surface area contributed by atoms with Gasteiger partial charge in [-0.25, -0.2) is 4.79 Å². The van der Waals surface area contributed by atoms with Crippen LogP contribution in [0, 0.1) is 0 Å². The maximum Gasteiger partial charge on any atom is 0.392 e. The Labute approximate surface area is 68.0 Å². The fourth-order valence-electron chi connectivity index (χ4n) is 0.627. The van der Waals surface area contributed by atoms with Gasteiger partial charge in [-0.1, -0.05) is 5.57 Å². The fraction of sp³-hybridized carbons (Fsp3) is 0.571. The first kappa shape index (κ1) is 11.0. The summed E-state index contributed by atoms with van der Waals surface area (Å²) >= 11 is 0. The Balaban J connectivity index is 4.12. The number of esters is 1. The number of hydrogen-bond acceptors (Lipinski definition) is 2. The summed E-state index contributed by atoms with van der Waals surface area (Å²) < 4.78 is 39.2. The Morgan fingerprint density at radius 1 is 1.50 bits per heavy atom. The van der Waals surface area contributed by atoms with Gasteiger partial charge in [0.05, 0.1) is 13.5 Å². The zero-order valence-corrected chi connectivity index (χ0v) is 6.73. The van der Waals surface area contributed by atoms with Crippen molar-refractivity contribution in [3.63, 3.8) is 0 Å². The summed E-state index contributed by atoms with van der Waals surface area (Å²) in [6.45, 7) is 1.23. The lowest BCUT2D eigenvalue weighted by Gasteiger charge is -2.05. The summed E-state index contributed by atoms with van der Waals surface area (Å²) in [5.74, 6) is -0.767. The molecule has 0 saturated carbocycles. The lowest BCUT2D eigenvalue weighted by Crippen LogP contribution is -2.08. The van der Waals surface area contributed by atoms with Gasteiger partial charge in [-0.15, -0.1) is 0 Å². The van der Waals surface area contributed by atoms with Gasteiger partial charge in [0.1, 0.15) is 0 Å². The Hall–Kier alpha value is -1.00. The molecule has 0 aromatic carbocycles. The van der Waals surface area contributed by atoms with Gasteiger partial charge in [-0.2, -0.15) is 13.2 Å². The van der Waals surface area contributed by atoms with Crippen LogP contribution in [0.15, 0.2) is 11.6 Å². The van der Waals surface area contributed by atoms with E-state index in [-0.39, 0.29) is 5.57 Å². The summed E-state index contributed by atoms with van der Waals surface area (Å²) in [6.07, 6.45) is -4.52. The van der Waals surface area contributed by atoms with Crippen molar-refractivity contribution in [1.29, 1.82) is 0 Å². The van der Waals surface area contributed by atoms with Gasteiger partial charge in [-0.05, 0) is 6.92 Å². The third-order valence-electron chi connectivity index (χ3n) is 1.04. The Bertz CT molecular complexity index is 193. The van der Waals surface area contributed by atoms with Crippen molar-refractivity contribution in [2.75, 3.05) is 7.11 Å². The molecule has 0 spiro atoms. The van der Waals surface area contributed by atoms with Crippen molar-refractivity contribution in [3.05, 3.63) is 11.6 Å². The molecule has 2 nitrogen and oxygen atoms in total. The van der Waals surface area contributed by atoms with E-state index in [4.69, 9.17) is 0 Å². The first-order chi connectivity index (χ1) is 5.35. The number of carbonyl (C=O) groups excluding carboxylic acids is 1. The van der Waals surface area contributed by atoms with Crippen molar-refractivity contribution in [2.24, 2.45) is 0 Å². The molecule has 0 aliphatic rings. The molecule has 0 saturated heterocycles. The molecule has 0 aromatic heterocycles. The number of ether oxygens (including phenoxy) is 1. The molecule has 0 aliphatic heterocycles. The highest BCUT2D eigenvalue weighted by atomic mass is 19.4. The van der Waals surface area contributed by atoms with Crippen molar-refractivity contribution in [2.45, 2.75) is 19.5 Å². The molecule has 0 radical (unpaired) electrons. The van der Waals surface area contributed by atoms with E-state index in [1.165, 1.54) is 6.92 Å². The van der Waals surface area contributed by atoms with Gasteiger partial charge in [0.2, 0.25) is 0 Å². The van der Waals surface area contributed by atoms with Crippen LogP contribution in [-0.2, 0) is 9.53 Å². The predicted octanol–water partition coefficient (Wildman–Crippen LogP) is 2.06. The Morgan fingerprint density at radius 3 is 2.33 bits per heavy atom. The van der Waals surface area contributed by atoms with Gasteiger partial charge < -0.3 is 4.74 Å². The van der Waals surface area contributed by atoms with Gasteiger partial charge in [0.15, 0.2) is 0 Å². The average Bonchev–Trinajstić information content (AvgIpc) is 1.82. The molecular formula is C7H9F3O2. The largest absolute Gasteiger partial charge is 0.466 e. The fourth-order valence-corrected chi connectivity index (χ4v) is 0.627. The molecule has 0 bridgehead atoms. The third-order valence-corrected chi connectivity index (χ3v) is 1.04. The SMILES string of the molecule is COC(=O)/C=C(\C)CC(F)(F)F. The maximum absolute atomic E-state index is 11.7. The van der Waals surface area contributed by atoms with Gasteiger partial charge in [-0.3, -0.25) is 0 Å². The quantitative estimate of drug-likeness (QED) is 0.482. The summed E-state index contributed by atoms with van der Waals surface area (Å²) in [7, 11) is 1.11. The minimum atomic E-state index is -4.27. The number of carbonyl (C=O) groups is 1. The van der Waals surface area contributed by atoms with E-state index < -0.39 is 18.6 Å². The minimum absolute atomic E-state index is 0.0608. The van der Waals surface area contributed by atoms with Crippen LogP contribution in [0.3, 0.4) is 0 Å². The molecule has 0 aliphatic carbocycles. The van der Waals surface area contributed by atoms with Crippen LogP contribution in [0.25, 0.3) is 0 Å². The maximum atomic E-state index is 11.7. The van der Waals surface area contributed by atoms with Crippen molar-refractivity contribution < 1.29 is 22.7 Å². The topological polar surface area (TPSA) is 26.3 Å². The first-order valence-corrected chi connectivity index (χ1v) is 3.17. The Kier molecular flexibility index (Phi) is 3.79. The number of alkyl halides is 3. The van der Waals surface area contributed by atoms with Crippen LogP contribution in [-0.4, -0.2) is 19.3 Å². The minimum Gasteiger partial charge on any atom is -0.466 e. The summed E-state index contributed by atoms with van der Waals surface area (Å²) in [6, 6.07) is 0. The number of allylic oxidation sites excluding steroid dienone is 1. The molecule has 0 unspecified atom stereocenters. The molecule has 0 atom stereocenters. The van der Waals surface area contributed by atoms with Gasteiger partial charge in [0.25, 0.3) is 0 Å². The van der Waals surface area contributed by atoms with E-state index >= 15 is 0 Å². The Morgan fingerprint density at radius 2 is 2.00 bits per heavy atom. The van der Waals surface area contributed by atoms with E-state index in [0.29, 0.717) is 0 Å². The van der Waals surface area contributed by atoms with E-state index in [9.17, 15) is 18.0 Å². The van der Waals surface area contributed by atoms with Crippen molar-refractivity contribution >= 4 is 5.97 Å². The number of rotatable bonds is 2. The van der Waals surface area contributed by atoms with E-state index in [2.05, 4.69) is 4.74 Å². The summed E-state index contributed by atoms with van der Waals surface area (Å²) in [5.41, 5.74) is -0.0608. The summed E-state index contributed by atoms with van der Waals surface area (Å²) in [5, 5.41) is 0. The number of hydrogen-bond donors (Lipinski definition) is 0. The van der Waals surface area contributed by atoms with Gasteiger partial charge >= 0.3 is 12.1 Å². The van der Waals surface area contributed by atoms with E-state index in [0.717, 1.165) is 13.2 Å². The van der Waals surface area contributed by atoms with Crippen LogP contribution < -0.4 is 0 Å². The number of methoxy groups -OCH3 is 1. The van der Waals surface area contributed by atoms with E-state index in [1.807, 2.05) is 0 Å². The molecule has 70 valence electrons. The highest BCUT2D eigenvalue weighted by molar-refractivity contribution is 5.82. The molecule has 0 rings (SSSR count). The van der Waals surface area contributed by atoms with Crippen molar-refractivity contribution in [3.8, 4) is 0 Å². The van der Waals surface area contributed by atoms with E-state index in [1.54, 1.807) is 0 Å². The highest BCUT2D eigenvalue weighted by Gasteiger charge is 2.27. The highest BCUT2D eigenvalue weighted by Crippen LogP contribution is 2.23. The van der Waals surface area contributed by atoms with Crippen molar-refractivity contribution in [1.82, 2.24) is 0 Å². The predicted molar refractivity (Wildman–Crippen MR) is 36.4 cm³/mol. The number of halogens is 3. The summed E-state index contributed by atoms with van der Waals surface area (Å²) in [4.78, 5) is 10.4. The molecule has 0 heterocycles. The molecule has 0 N–H and O–H groups in total. The smallest absolute Gasteiger partial charge is 0.392 e. The zero-order chi connectivity index (χ0) is 9.78. The second kappa shape index (κ2) is 4.13.